The first-order chi connectivity index (χ1) is 12.5. The fourth-order valence-electron chi connectivity index (χ4n) is 3.97. The van der Waals surface area contributed by atoms with Gasteiger partial charge in [0.2, 0.25) is 10.0 Å². The van der Waals surface area contributed by atoms with E-state index in [4.69, 9.17) is 5.73 Å². The monoisotopic (exact) mass is 415 g/mol. The maximum absolute atomic E-state index is 13.0. The van der Waals surface area contributed by atoms with Crippen LogP contribution in [0.5, 0.6) is 0 Å². The van der Waals surface area contributed by atoms with Gasteiger partial charge in [-0.2, -0.15) is 4.31 Å². The summed E-state index contributed by atoms with van der Waals surface area (Å²) in [6.07, 6.45) is 7.77. The molecule has 0 spiro atoms. The van der Waals surface area contributed by atoms with E-state index in [0.717, 1.165) is 51.4 Å². The Morgan fingerprint density at radius 2 is 1.70 bits per heavy atom. The van der Waals surface area contributed by atoms with Gasteiger partial charge in [-0.15, -0.1) is 12.4 Å². The van der Waals surface area contributed by atoms with Crippen molar-refractivity contribution in [1.29, 1.82) is 0 Å². The molecule has 6 nitrogen and oxygen atoms in total. The molecule has 1 amide bonds. The molecule has 1 saturated heterocycles. The highest BCUT2D eigenvalue weighted by Crippen LogP contribution is 2.29. The lowest BCUT2D eigenvalue weighted by atomic mass is 9.97. The summed E-state index contributed by atoms with van der Waals surface area (Å²) >= 11 is 0. The molecule has 1 saturated carbocycles. The van der Waals surface area contributed by atoms with Gasteiger partial charge in [-0.3, -0.25) is 4.79 Å². The molecule has 1 aliphatic heterocycles. The third kappa shape index (κ3) is 5.02. The fourth-order valence-corrected chi connectivity index (χ4v) is 5.54. The summed E-state index contributed by atoms with van der Waals surface area (Å²) in [4.78, 5) is 12.9. The van der Waals surface area contributed by atoms with Gasteiger partial charge in [-0.05, 0) is 43.9 Å². The van der Waals surface area contributed by atoms with Gasteiger partial charge in [0.15, 0.2) is 0 Å². The lowest BCUT2D eigenvalue weighted by molar-refractivity contribution is 0.0903. The molecule has 0 bridgehead atoms. The van der Waals surface area contributed by atoms with Crippen molar-refractivity contribution in [2.45, 2.75) is 61.8 Å². The third-order valence-electron chi connectivity index (χ3n) is 5.63. The van der Waals surface area contributed by atoms with E-state index in [1.165, 1.54) is 6.07 Å². The van der Waals surface area contributed by atoms with Crippen LogP contribution in [-0.2, 0) is 10.0 Å². The minimum atomic E-state index is -3.56. The second-order valence-electron chi connectivity index (χ2n) is 7.49. The average Bonchev–Trinajstić information content (AvgIpc) is 2.93. The Bertz CT molecular complexity index is 740. The standard InChI is InChI=1S/C19H29N3O3S.ClH/c20-15-19(10-3-4-11-19)21-18(23)16-8-7-9-17(14-16)26(24,25)22-12-5-1-2-6-13-22;/h7-9,14H,1-6,10-13,15,20H2,(H,21,23);1H. The summed E-state index contributed by atoms with van der Waals surface area (Å²) in [7, 11) is -3.56. The van der Waals surface area contributed by atoms with E-state index in [1.807, 2.05) is 0 Å². The molecule has 0 atom stereocenters. The van der Waals surface area contributed by atoms with E-state index in [-0.39, 0.29) is 28.7 Å². The fraction of sp³-hybridized carbons (Fsp3) is 0.632. The van der Waals surface area contributed by atoms with E-state index in [2.05, 4.69) is 5.32 Å². The van der Waals surface area contributed by atoms with E-state index in [1.54, 1.807) is 22.5 Å². The second-order valence-corrected chi connectivity index (χ2v) is 9.43. The van der Waals surface area contributed by atoms with Crippen molar-refractivity contribution in [3.05, 3.63) is 29.8 Å². The highest BCUT2D eigenvalue weighted by molar-refractivity contribution is 7.89. The van der Waals surface area contributed by atoms with E-state index in [0.29, 0.717) is 25.2 Å². The number of carbonyl (C=O) groups is 1. The Balaban J connectivity index is 0.00000261. The molecule has 0 radical (unpaired) electrons. The minimum Gasteiger partial charge on any atom is -0.345 e. The lowest BCUT2D eigenvalue weighted by Crippen LogP contribution is -2.51. The van der Waals surface area contributed by atoms with Crippen molar-refractivity contribution in [2.24, 2.45) is 5.73 Å². The number of amides is 1. The third-order valence-corrected chi connectivity index (χ3v) is 7.52. The SMILES string of the molecule is Cl.NCC1(NC(=O)c2cccc(S(=O)(=O)N3CCCCCC3)c2)CCCC1. The zero-order chi connectivity index (χ0) is 18.6. The summed E-state index contributed by atoms with van der Waals surface area (Å²) in [6.45, 7) is 1.51. The molecule has 0 aromatic heterocycles. The first-order valence-corrected chi connectivity index (χ1v) is 11.0. The van der Waals surface area contributed by atoms with Crippen molar-refractivity contribution in [3.8, 4) is 0 Å². The molecule has 2 fully saturated rings. The normalized spacial score (nSPS) is 20.5. The number of carbonyl (C=O) groups excluding carboxylic acids is 1. The van der Waals surface area contributed by atoms with Gasteiger partial charge in [0, 0.05) is 25.2 Å². The van der Waals surface area contributed by atoms with Crippen molar-refractivity contribution in [1.82, 2.24) is 9.62 Å². The number of hydrogen-bond donors (Lipinski definition) is 2. The summed E-state index contributed by atoms with van der Waals surface area (Å²) in [5.74, 6) is -0.245. The highest BCUT2D eigenvalue weighted by Gasteiger charge is 2.34. The number of halogens is 1. The maximum Gasteiger partial charge on any atom is 0.251 e. The number of rotatable bonds is 5. The molecule has 1 aliphatic carbocycles. The Labute approximate surface area is 168 Å². The van der Waals surface area contributed by atoms with Crippen LogP contribution >= 0.6 is 12.4 Å². The topological polar surface area (TPSA) is 92.5 Å². The van der Waals surface area contributed by atoms with Crippen LogP contribution in [0, 0.1) is 0 Å². The largest absolute Gasteiger partial charge is 0.345 e. The minimum absolute atomic E-state index is 0. The smallest absolute Gasteiger partial charge is 0.251 e. The predicted octanol–water partition coefficient (Wildman–Crippen LogP) is 2.67. The second kappa shape index (κ2) is 9.37. The zero-order valence-electron chi connectivity index (χ0n) is 15.7. The van der Waals surface area contributed by atoms with Crippen LogP contribution in [-0.4, -0.2) is 43.8 Å². The van der Waals surface area contributed by atoms with Crippen LogP contribution < -0.4 is 11.1 Å². The molecule has 27 heavy (non-hydrogen) atoms. The Morgan fingerprint density at radius 3 is 2.30 bits per heavy atom. The molecule has 8 heteroatoms. The van der Waals surface area contributed by atoms with Gasteiger partial charge in [-0.1, -0.05) is 31.7 Å². The molecule has 3 rings (SSSR count). The van der Waals surface area contributed by atoms with Gasteiger partial charge in [0.05, 0.1) is 10.4 Å². The molecular weight excluding hydrogens is 386 g/mol. The van der Waals surface area contributed by atoms with Crippen LogP contribution in [0.1, 0.15) is 61.7 Å². The average molecular weight is 416 g/mol. The van der Waals surface area contributed by atoms with Gasteiger partial charge in [-0.25, -0.2) is 8.42 Å². The van der Waals surface area contributed by atoms with E-state index >= 15 is 0 Å². The van der Waals surface area contributed by atoms with Crippen molar-refractivity contribution >= 4 is 28.3 Å². The number of nitrogens with one attached hydrogen (secondary N) is 1. The number of nitrogens with zero attached hydrogens (tertiary/aromatic N) is 1. The Hall–Kier alpha value is -1.15. The first kappa shape index (κ1) is 22.1. The molecule has 0 unspecified atom stereocenters. The Morgan fingerprint density at radius 1 is 1.07 bits per heavy atom. The van der Waals surface area contributed by atoms with Gasteiger partial charge < -0.3 is 11.1 Å². The quantitative estimate of drug-likeness (QED) is 0.773. The zero-order valence-corrected chi connectivity index (χ0v) is 17.3. The molecule has 152 valence electrons. The summed E-state index contributed by atoms with van der Waals surface area (Å²) in [6, 6.07) is 6.37. The van der Waals surface area contributed by atoms with Crippen molar-refractivity contribution in [3.63, 3.8) is 0 Å². The molecular formula is C19H30ClN3O3S. The molecule has 1 heterocycles. The van der Waals surface area contributed by atoms with Crippen LogP contribution in [0.2, 0.25) is 0 Å². The van der Waals surface area contributed by atoms with Crippen LogP contribution in [0.3, 0.4) is 0 Å². The summed E-state index contributed by atoms with van der Waals surface area (Å²) in [5, 5.41) is 3.05. The van der Waals surface area contributed by atoms with Gasteiger partial charge in [0.25, 0.3) is 5.91 Å². The van der Waals surface area contributed by atoms with Crippen molar-refractivity contribution < 1.29 is 13.2 Å². The highest BCUT2D eigenvalue weighted by atomic mass is 35.5. The maximum atomic E-state index is 13.0. The summed E-state index contributed by atoms with van der Waals surface area (Å²) < 4.78 is 27.5. The van der Waals surface area contributed by atoms with E-state index < -0.39 is 10.0 Å². The summed E-state index contributed by atoms with van der Waals surface area (Å²) in [5.41, 5.74) is 5.91. The molecule has 3 N–H and O–H groups in total. The Kier molecular flexibility index (Phi) is 7.68. The number of hydrogen-bond acceptors (Lipinski definition) is 4. The van der Waals surface area contributed by atoms with Gasteiger partial charge in [0.1, 0.15) is 0 Å². The van der Waals surface area contributed by atoms with Crippen LogP contribution in [0.4, 0.5) is 0 Å². The predicted molar refractivity (Wildman–Crippen MR) is 109 cm³/mol. The number of benzene rings is 1. The molecule has 2 aliphatic rings. The number of sulfonamides is 1. The lowest BCUT2D eigenvalue weighted by Gasteiger charge is -2.28. The van der Waals surface area contributed by atoms with Gasteiger partial charge >= 0.3 is 0 Å². The van der Waals surface area contributed by atoms with Crippen LogP contribution in [0.25, 0.3) is 0 Å². The van der Waals surface area contributed by atoms with Crippen molar-refractivity contribution in [2.75, 3.05) is 19.6 Å². The molecule has 1 aromatic carbocycles. The first-order valence-electron chi connectivity index (χ1n) is 9.60. The van der Waals surface area contributed by atoms with E-state index in [9.17, 15) is 13.2 Å². The number of nitrogens with two attached hydrogens (primary N) is 1. The van der Waals surface area contributed by atoms with Crippen LogP contribution in [0.15, 0.2) is 29.2 Å². The molecule has 1 aromatic rings.